The topological polar surface area (TPSA) is 20.2 Å². The summed E-state index contributed by atoms with van der Waals surface area (Å²) in [4.78, 5) is 0. The van der Waals surface area contributed by atoms with Gasteiger partial charge in [-0.1, -0.05) is 11.6 Å². The summed E-state index contributed by atoms with van der Waals surface area (Å²) in [5.41, 5.74) is 0.630. The average molecular weight is 241 g/mol. The molecule has 2 aromatic carbocycles. The smallest absolute Gasteiger partial charge is 0.124 e. The molecule has 82 valence electrons. The van der Waals surface area contributed by atoms with Crippen molar-refractivity contribution in [2.24, 2.45) is 0 Å². The van der Waals surface area contributed by atoms with Gasteiger partial charge in [-0.2, -0.15) is 0 Å². The van der Waals surface area contributed by atoms with Crippen LogP contribution in [0.15, 0.2) is 36.4 Å². The van der Waals surface area contributed by atoms with Crippen molar-refractivity contribution in [3.63, 3.8) is 0 Å². The summed E-state index contributed by atoms with van der Waals surface area (Å²) in [6, 6.07) is 7.22. The van der Waals surface area contributed by atoms with Gasteiger partial charge in [0.05, 0.1) is 5.02 Å². The predicted molar refractivity (Wildman–Crippen MR) is 58.5 cm³/mol. The molecule has 0 bridgehead atoms. The third kappa shape index (κ3) is 1.99. The summed E-state index contributed by atoms with van der Waals surface area (Å²) in [5.74, 6) is -1.08. The van der Waals surface area contributed by atoms with Crippen LogP contribution in [0.1, 0.15) is 0 Å². The highest BCUT2D eigenvalue weighted by molar-refractivity contribution is 6.33. The molecule has 16 heavy (non-hydrogen) atoms. The molecule has 0 unspecified atom stereocenters. The SMILES string of the molecule is Oc1ccc(F)cc1-c1ccc(F)cc1Cl. The van der Waals surface area contributed by atoms with Crippen LogP contribution in [0.4, 0.5) is 8.78 Å². The van der Waals surface area contributed by atoms with E-state index >= 15 is 0 Å². The lowest BCUT2D eigenvalue weighted by atomic mass is 10.0. The molecule has 0 aliphatic rings. The van der Waals surface area contributed by atoms with E-state index in [1.807, 2.05) is 0 Å². The largest absolute Gasteiger partial charge is 0.507 e. The molecule has 0 aromatic heterocycles. The van der Waals surface area contributed by atoms with Crippen LogP contribution in [0.5, 0.6) is 5.75 Å². The lowest BCUT2D eigenvalue weighted by Crippen LogP contribution is -1.84. The first kappa shape index (κ1) is 10.9. The van der Waals surface area contributed by atoms with Crippen molar-refractivity contribution < 1.29 is 13.9 Å². The van der Waals surface area contributed by atoms with Crippen LogP contribution in [-0.2, 0) is 0 Å². The number of halogens is 3. The Balaban J connectivity index is 2.62. The summed E-state index contributed by atoms with van der Waals surface area (Å²) in [6.07, 6.45) is 0. The second kappa shape index (κ2) is 4.10. The van der Waals surface area contributed by atoms with Gasteiger partial charge in [-0.15, -0.1) is 0 Å². The molecule has 0 heterocycles. The van der Waals surface area contributed by atoms with Crippen LogP contribution in [0.3, 0.4) is 0 Å². The molecule has 2 rings (SSSR count). The van der Waals surface area contributed by atoms with E-state index in [1.165, 1.54) is 18.2 Å². The van der Waals surface area contributed by atoms with Crippen LogP contribution in [0, 0.1) is 11.6 Å². The van der Waals surface area contributed by atoms with Gasteiger partial charge >= 0.3 is 0 Å². The molecule has 1 N–H and O–H groups in total. The normalized spacial score (nSPS) is 10.4. The Hall–Kier alpha value is -1.61. The Kier molecular flexibility index (Phi) is 2.79. The second-order valence-corrected chi connectivity index (χ2v) is 3.69. The number of phenolic OH excluding ortho intramolecular Hbond substituents is 1. The summed E-state index contributed by atoms with van der Waals surface area (Å²) in [7, 11) is 0. The number of aromatic hydroxyl groups is 1. The van der Waals surface area contributed by atoms with Gasteiger partial charge in [0.1, 0.15) is 17.4 Å². The van der Waals surface area contributed by atoms with Gasteiger partial charge in [-0.05, 0) is 36.4 Å². The summed E-state index contributed by atoms with van der Waals surface area (Å²) >= 11 is 5.81. The van der Waals surface area contributed by atoms with Crippen LogP contribution in [-0.4, -0.2) is 5.11 Å². The second-order valence-electron chi connectivity index (χ2n) is 3.29. The first-order valence-electron chi connectivity index (χ1n) is 4.52. The minimum Gasteiger partial charge on any atom is -0.507 e. The van der Waals surface area contributed by atoms with E-state index in [0.29, 0.717) is 5.56 Å². The Morgan fingerprint density at radius 1 is 0.875 bits per heavy atom. The zero-order chi connectivity index (χ0) is 11.7. The average Bonchev–Trinajstić information content (AvgIpc) is 2.22. The van der Waals surface area contributed by atoms with Crippen LogP contribution < -0.4 is 0 Å². The van der Waals surface area contributed by atoms with Gasteiger partial charge in [-0.3, -0.25) is 0 Å². The van der Waals surface area contributed by atoms with E-state index < -0.39 is 11.6 Å². The maximum absolute atomic E-state index is 13.0. The highest BCUT2D eigenvalue weighted by atomic mass is 35.5. The van der Waals surface area contributed by atoms with Gasteiger partial charge in [-0.25, -0.2) is 8.78 Å². The fourth-order valence-corrected chi connectivity index (χ4v) is 1.70. The zero-order valence-corrected chi connectivity index (χ0v) is 8.80. The number of hydrogen-bond acceptors (Lipinski definition) is 1. The van der Waals surface area contributed by atoms with Crippen LogP contribution in [0.2, 0.25) is 5.02 Å². The van der Waals surface area contributed by atoms with Crippen molar-refractivity contribution >= 4 is 11.6 Å². The van der Waals surface area contributed by atoms with Crippen molar-refractivity contribution in [2.75, 3.05) is 0 Å². The Bertz CT molecular complexity index is 541. The summed E-state index contributed by atoms with van der Waals surface area (Å²) < 4.78 is 25.8. The number of benzene rings is 2. The third-order valence-electron chi connectivity index (χ3n) is 2.18. The van der Waals surface area contributed by atoms with Crippen LogP contribution >= 0.6 is 11.6 Å². The highest BCUT2D eigenvalue weighted by Crippen LogP contribution is 2.34. The summed E-state index contributed by atoms with van der Waals surface area (Å²) in [5, 5.41) is 9.69. The fourth-order valence-electron chi connectivity index (χ4n) is 1.43. The van der Waals surface area contributed by atoms with Gasteiger partial charge in [0.25, 0.3) is 0 Å². The molecule has 0 atom stereocenters. The standard InChI is InChI=1S/C12H7ClF2O/c13-11-6-8(15)1-3-9(11)10-5-7(14)2-4-12(10)16/h1-6,16H. The van der Waals surface area contributed by atoms with Gasteiger partial charge in [0.15, 0.2) is 0 Å². The molecular formula is C12H7ClF2O. The van der Waals surface area contributed by atoms with E-state index in [1.54, 1.807) is 0 Å². The minimum absolute atomic E-state index is 0.102. The number of rotatable bonds is 1. The number of hydrogen-bond donors (Lipinski definition) is 1. The lowest BCUT2D eigenvalue weighted by molar-refractivity contribution is 0.475. The van der Waals surface area contributed by atoms with E-state index in [-0.39, 0.29) is 16.3 Å². The van der Waals surface area contributed by atoms with Crippen molar-refractivity contribution in [3.05, 3.63) is 53.1 Å². The molecule has 0 aliphatic heterocycles. The molecule has 2 aromatic rings. The molecule has 0 aliphatic carbocycles. The molecule has 0 fully saturated rings. The molecule has 0 radical (unpaired) electrons. The molecule has 4 heteroatoms. The molecule has 1 nitrogen and oxygen atoms in total. The van der Waals surface area contributed by atoms with Gasteiger partial charge in [0, 0.05) is 11.1 Å². The number of phenols is 1. The molecule has 0 amide bonds. The molecule has 0 spiro atoms. The third-order valence-corrected chi connectivity index (χ3v) is 2.49. The van der Waals surface area contributed by atoms with Crippen molar-refractivity contribution in [1.29, 1.82) is 0 Å². The van der Waals surface area contributed by atoms with E-state index in [0.717, 1.165) is 18.2 Å². The van der Waals surface area contributed by atoms with Crippen LogP contribution in [0.25, 0.3) is 11.1 Å². The monoisotopic (exact) mass is 240 g/mol. The highest BCUT2D eigenvalue weighted by Gasteiger charge is 2.10. The maximum atomic E-state index is 13.0. The van der Waals surface area contributed by atoms with Crippen molar-refractivity contribution in [1.82, 2.24) is 0 Å². The zero-order valence-electron chi connectivity index (χ0n) is 8.05. The first-order chi connectivity index (χ1) is 7.58. The predicted octanol–water partition coefficient (Wildman–Crippen LogP) is 3.99. The Morgan fingerprint density at radius 2 is 1.50 bits per heavy atom. The van der Waals surface area contributed by atoms with E-state index in [4.69, 9.17) is 11.6 Å². The maximum Gasteiger partial charge on any atom is 0.124 e. The lowest BCUT2D eigenvalue weighted by Gasteiger charge is -2.07. The molecular weight excluding hydrogens is 234 g/mol. The van der Waals surface area contributed by atoms with E-state index in [2.05, 4.69) is 0 Å². The van der Waals surface area contributed by atoms with Gasteiger partial charge < -0.3 is 5.11 Å². The Labute approximate surface area is 95.9 Å². The molecule has 0 saturated carbocycles. The van der Waals surface area contributed by atoms with Crippen molar-refractivity contribution in [2.45, 2.75) is 0 Å². The fraction of sp³-hybridized carbons (Fsp3) is 0. The van der Waals surface area contributed by atoms with E-state index in [9.17, 15) is 13.9 Å². The first-order valence-corrected chi connectivity index (χ1v) is 4.89. The quantitative estimate of drug-likeness (QED) is 0.799. The summed E-state index contributed by atoms with van der Waals surface area (Å²) in [6.45, 7) is 0. The van der Waals surface area contributed by atoms with Crippen molar-refractivity contribution in [3.8, 4) is 16.9 Å². The Morgan fingerprint density at radius 3 is 2.19 bits per heavy atom. The van der Waals surface area contributed by atoms with Gasteiger partial charge in [0.2, 0.25) is 0 Å². The molecule has 0 saturated heterocycles. The minimum atomic E-state index is -0.492.